The summed E-state index contributed by atoms with van der Waals surface area (Å²) in [5.41, 5.74) is 5.49. The third-order valence-electron chi connectivity index (χ3n) is 2.90. The molecule has 0 fully saturated rings. The Morgan fingerprint density at radius 1 is 1.06 bits per heavy atom. The van der Waals surface area contributed by atoms with Gasteiger partial charge in [0.15, 0.2) is 0 Å². The predicted molar refractivity (Wildman–Crippen MR) is 68.9 cm³/mol. The van der Waals surface area contributed by atoms with Crippen LogP contribution in [-0.4, -0.2) is 19.8 Å². The molecule has 0 aromatic heterocycles. The Labute approximate surface area is 99.0 Å². The molecule has 2 nitrogen and oxygen atoms in total. The van der Waals surface area contributed by atoms with Gasteiger partial charge in [-0.25, -0.2) is 0 Å². The molecule has 0 aliphatic carbocycles. The maximum absolute atomic E-state index is 5.28. The number of aryl methyl sites for hydroxylation is 3. The fourth-order valence-corrected chi connectivity index (χ4v) is 1.72. The van der Waals surface area contributed by atoms with Gasteiger partial charge in [0, 0.05) is 19.7 Å². The van der Waals surface area contributed by atoms with Gasteiger partial charge >= 0.3 is 0 Å². The number of benzene rings is 1. The normalized spacial score (nSPS) is 10.8. The number of ether oxygens (including phenoxy) is 1. The van der Waals surface area contributed by atoms with Crippen molar-refractivity contribution in [1.29, 1.82) is 0 Å². The Morgan fingerprint density at radius 2 is 1.75 bits per heavy atom. The van der Waals surface area contributed by atoms with Crippen LogP contribution in [0, 0.1) is 20.8 Å². The summed E-state index contributed by atoms with van der Waals surface area (Å²) in [7, 11) is 0. The zero-order valence-electron chi connectivity index (χ0n) is 10.9. The number of nitrogens with one attached hydrogen (secondary N) is 1. The van der Waals surface area contributed by atoms with Crippen LogP contribution in [-0.2, 0) is 11.3 Å². The molecule has 0 spiro atoms. The third kappa shape index (κ3) is 3.95. The van der Waals surface area contributed by atoms with Crippen LogP contribution in [0.2, 0.25) is 0 Å². The monoisotopic (exact) mass is 221 g/mol. The summed E-state index contributed by atoms with van der Waals surface area (Å²) in [4.78, 5) is 0. The van der Waals surface area contributed by atoms with E-state index in [0.717, 1.165) is 26.3 Å². The summed E-state index contributed by atoms with van der Waals surface area (Å²) >= 11 is 0. The highest BCUT2D eigenvalue weighted by Gasteiger charge is 2.01. The topological polar surface area (TPSA) is 21.3 Å². The first-order valence-electron chi connectivity index (χ1n) is 6.00. The van der Waals surface area contributed by atoms with Gasteiger partial charge < -0.3 is 10.1 Å². The lowest BCUT2D eigenvalue weighted by atomic mass is 10.0. The maximum atomic E-state index is 5.28. The van der Waals surface area contributed by atoms with E-state index in [1.54, 1.807) is 0 Å². The van der Waals surface area contributed by atoms with E-state index in [4.69, 9.17) is 4.74 Å². The highest BCUT2D eigenvalue weighted by molar-refractivity contribution is 5.36. The second kappa shape index (κ2) is 6.66. The Balaban J connectivity index is 2.45. The molecule has 1 aromatic carbocycles. The van der Waals surface area contributed by atoms with E-state index in [0.29, 0.717) is 0 Å². The van der Waals surface area contributed by atoms with E-state index >= 15 is 0 Å². The van der Waals surface area contributed by atoms with E-state index < -0.39 is 0 Å². The van der Waals surface area contributed by atoms with Crippen molar-refractivity contribution in [2.24, 2.45) is 0 Å². The molecule has 0 aliphatic rings. The molecular weight excluding hydrogens is 198 g/mol. The van der Waals surface area contributed by atoms with Crippen molar-refractivity contribution >= 4 is 0 Å². The first-order chi connectivity index (χ1) is 7.65. The van der Waals surface area contributed by atoms with Crippen LogP contribution >= 0.6 is 0 Å². The maximum Gasteiger partial charge on any atom is 0.0590 e. The van der Waals surface area contributed by atoms with Crippen LogP contribution < -0.4 is 5.32 Å². The SMILES string of the molecule is CCOCCNCc1cc(C)c(C)cc1C. The van der Waals surface area contributed by atoms with Crippen molar-refractivity contribution in [2.75, 3.05) is 19.8 Å². The number of hydrogen-bond acceptors (Lipinski definition) is 2. The molecule has 0 amide bonds. The molecule has 1 rings (SSSR count). The highest BCUT2D eigenvalue weighted by Crippen LogP contribution is 2.14. The zero-order chi connectivity index (χ0) is 12.0. The Hall–Kier alpha value is -0.860. The first-order valence-corrected chi connectivity index (χ1v) is 6.00. The molecular formula is C14H23NO. The second-order valence-corrected chi connectivity index (χ2v) is 4.24. The molecule has 0 aliphatic heterocycles. The molecule has 0 radical (unpaired) electrons. The van der Waals surface area contributed by atoms with E-state index in [9.17, 15) is 0 Å². The molecule has 1 N–H and O–H groups in total. The molecule has 2 heteroatoms. The molecule has 0 unspecified atom stereocenters. The largest absolute Gasteiger partial charge is 0.380 e. The summed E-state index contributed by atoms with van der Waals surface area (Å²) in [5, 5.41) is 3.40. The fraction of sp³-hybridized carbons (Fsp3) is 0.571. The molecule has 0 saturated heterocycles. The average molecular weight is 221 g/mol. The van der Waals surface area contributed by atoms with Gasteiger partial charge in [-0.2, -0.15) is 0 Å². The van der Waals surface area contributed by atoms with Crippen LogP contribution in [0.3, 0.4) is 0 Å². The minimum absolute atomic E-state index is 0.792. The molecule has 0 heterocycles. The quantitative estimate of drug-likeness (QED) is 0.746. The van der Waals surface area contributed by atoms with Crippen molar-refractivity contribution in [3.05, 3.63) is 34.4 Å². The van der Waals surface area contributed by atoms with Crippen molar-refractivity contribution in [1.82, 2.24) is 5.32 Å². The van der Waals surface area contributed by atoms with Gasteiger partial charge in [-0.15, -0.1) is 0 Å². The van der Waals surface area contributed by atoms with Crippen molar-refractivity contribution in [2.45, 2.75) is 34.2 Å². The van der Waals surface area contributed by atoms with Gasteiger partial charge in [0.05, 0.1) is 6.61 Å². The van der Waals surface area contributed by atoms with Gasteiger partial charge in [-0.1, -0.05) is 12.1 Å². The molecule has 90 valence electrons. The van der Waals surface area contributed by atoms with E-state index in [1.807, 2.05) is 6.92 Å². The average Bonchev–Trinajstić information content (AvgIpc) is 2.25. The molecule has 1 aromatic rings. The Kier molecular flexibility index (Phi) is 5.50. The van der Waals surface area contributed by atoms with Crippen molar-refractivity contribution in [3.63, 3.8) is 0 Å². The number of hydrogen-bond donors (Lipinski definition) is 1. The van der Waals surface area contributed by atoms with Gasteiger partial charge in [-0.3, -0.25) is 0 Å². The standard InChI is InChI=1S/C14H23NO/c1-5-16-7-6-15-10-14-9-12(3)11(2)8-13(14)4/h8-9,15H,5-7,10H2,1-4H3. The van der Waals surface area contributed by atoms with Gasteiger partial charge in [0.1, 0.15) is 0 Å². The number of rotatable bonds is 6. The van der Waals surface area contributed by atoms with Crippen LogP contribution in [0.4, 0.5) is 0 Å². The predicted octanol–water partition coefficient (Wildman–Crippen LogP) is 2.74. The summed E-state index contributed by atoms with van der Waals surface area (Å²) in [6, 6.07) is 4.53. The first kappa shape index (κ1) is 13.2. The van der Waals surface area contributed by atoms with Crippen LogP contribution in [0.15, 0.2) is 12.1 Å². The minimum atomic E-state index is 0.792. The van der Waals surface area contributed by atoms with Crippen LogP contribution in [0.25, 0.3) is 0 Å². The summed E-state index contributed by atoms with van der Waals surface area (Å²) in [6.07, 6.45) is 0. The van der Waals surface area contributed by atoms with Gasteiger partial charge in [0.2, 0.25) is 0 Å². The highest BCUT2D eigenvalue weighted by atomic mass is 16.5. The van der Waals surface area contributed by atoms with Crippen LogP contribution in [0.1, 0.15) is 29.2 Å². The summed E-state index contributed by atoms with van der Waals surface area (Å²) in [6.45, 7) is 12.0. The molecule has 0 atom stereocenters. The van der Waals surface area contributed by atoms with E-state index in [1.165, 1.54) is 22.3 Å². The zero-order valence-corrected chi connectivity index (χ0v) is 10.9. The minimum Gasteiger partial charge on any atom is -0.380 e. The van der Waals surface area contributed by atoms with Gasteiger partial charge in [0.25, 0.3) is 0 Å². The smallest absolute Gasteiger partial charge is 0.0590 e. The lowest BCUT2D eigenvalue weighted by molar-refractivity contribution is 0.149. The molecule has 0 bridgehead atoms. The second-order valence-electron chi connectivity index (χ2n) is 4.24. The molecule has 0 saturated carbocycles. The van der Waals surface area contributed by atoms with E-state index in [2.05, 4.69) is 38.2 Å². The molecule has 16 heavy (non-hydrogen) atoms. The third-order valence-corrected chi connectivity index (χ3v) is 2.90. The van der Waals surface area contributed by atoms with Crippen LogP contribution in [0.5, 0.6) is 0 Å². The van der Waals surface area contributed by atoms with E-state index in [-0.39, 0.29) is 0 Å². The fourth-order valence-electron chi connectivity index (χ4n) is 1.72. The van der Waals surface area contributed by atoms with Gasteiger partial charge in [-0.05, 0) is 49.9 Å². The van der Waals surface area contributed by atoms with Crippen molar-refractivity contribution in [3.8, 4) is 0 Å². The van der Waals surface area contributed by atoms with Crippen molar-refractivity contribution < 1.29 is 4.74 Å². The lowest BCUT2D eigenvalue weighted by Gasteiger charge is -2.11. The summed E-state index contributed by atoms with van der Waals surface area (Å²) in [5.74, 6) is 0. The Bertz CT molecular complexity index is 334. The lowest BCUT2D eigenvalue weighted by Crippen LogP contribution is -2.19. The Morgan fingerprint density at radius 3 is 2.44 bits per heavy atom. The summed E-state index contributed by atoms with van der Waals surface area (Å²) < 4.78 is 5.28.